The van der Waals surface area contributed by atoms with Crippen LogP contribution in [0, 0.1) is 5.92 Å². The minimum absolute atomic E-state index is 0.273. The van der Waals surface area contributed by atoms with E-state index in [1.807, 2.05) is 61.5 Å². The van der Waals surface area contributed by atoms with Gasteiger partial charge in [0.15, 0.2) is 6.29 Å². The summed E-state index contributed by atoms with van der Waals surface area (Å²) in [5.41, 5.74) is 1.98. The molecule has 0 radical (unpaired) electrons. The molecule has 3 rings (SSSR count). The lowest BCUT2D eigenvalue weighted by atomic mass is 9.82. The summed E-state index contributed by atoms with van der Waals surface area (Å²) in [6, 6.07) is 15.6. The van der Waals surface area contributed by atoms with E-state index < -0.39 is 24.3 Å². The number of nitrogens with zero attached hydrogens (tertiary/aromatic N) is 1. The van der Waals surface area contributed by atoms with Gasteiger partial charge in [0.2, 0.25) is 5.91 Å². The summed E-state index contributed by atoms with van der Waals surface area (Å²) in [5.74, 6) is -0.0243. The quantitative estimate of drug-likeness (QED) is 0.514. The van der Waals surface area contributed by atoms with E-state index >= 15 is 0 Å². The van der Waals surface area contributed by atoms with E-state index in [9.17, 15) is 14.7 Å². The predicted octanol–water partition coefficient (Wildman–Crippen LogP) is 2.89. The fourth-order valence-electron chi connectivity index (χ4n) is 3.76. The molecule has 1 saturated heterocycles. The van der Waals surface area contributed by atoms with Crippen molar-refractivity contribution in [2.45, 2.75) is 38.1 Å². The first kappa shape index (κ1) is 21.8. The van der Waals surface area contributed by atoms with Gasteiger partial charge in [0.05, 0.1) is 19.1 Å². The number of likely N-dealkylation sites (tertiary alicyclic amines) is 1. The molecule has 2 aromatic carbocycles. The van der Waals surface area contributed by atoms with Crippen molar-refractivity contribution in [2.75, 3.05) is 14.2 Å². The van der Waals surface area contributed by atoms with Crippen molar-refractivity contribution in [3.8, 4) is 5.75 Å². The molecule has 1 aliphatic heterocycles. The van der Waals surface area contributed by atoms with Gasteiger partial charge in [-0.2, -0.15) is 0 Å². The van der Waals surface area contributed by atoms with Crippen LogP contribution in [-0.2, 0) is 16.0 Å². The van der Waals surface area contributed by atoms with Crippen molar-refractivity contribution >= 4 is 11.9 Å². The van der Waals surface area contributed by atoms with Crippen LogP contribution >= 0.6 is 0 Å². The van der Waals surface area contributed by atoms with E-state index in [-0.39, 0.29) is 11.9 Å². The molecule has 7 nitrogen and oxygen atoms in total. The normalized spacial score (nSPS) is 20.3. The Hall–Kier alpha value is -2.90. The molecule has 0 bridgehead atoms. The lowest BCUT2D eigenvalue weighted by Crippen LogP contribution is -2.69. The Labute approximate surface area is 176 Å². The summed E-state index contributed by atoms with van der Waals surface area (Å²) in [5, 5.41) is 13.1. The molecule has 0 aromatic heterocycles. The topological polar surface area (TPSA) is 88.1 Å². The van der Waals surface area contributed by atoms with Gasteiger partial charge < -0.3 is 19.9 Å². The standard InChI is InChI=1S/C23H28N2O5/c1-15(17-7-5-4-6-8-17)24-23(28)25-20(22(27)30-3)19(21(25)26)14-11-16-9-12-18(29-2)13-10-16/h4-10,12-13,15,19-20,22,27H,11,14H2,1-3H3,(H,24,28)/t15?,19-,20?,22?/m1/s1. The molecule has 0 saturated carbocycles. The Balaban J connectivity index is 1.65. The van der Waals surface area contributed by atoms with Crippen LogP contribution < -0.4 is 10.1 Å². The smallest absolute Gasteiger partial charge is 0.325 e. The van der Waals surface area contributed by atoms with E-state index in [1.54, 1.807) is 7.11 Å². The van der Waals surface area contributed by atoms with Gasteiger partial charge >= 0.3 is 6.03 Å². The predicted molar refractivity (Wildman–Crippen MR) is 112 cm³/mol. The summed E-state index contributed by atoms with van der Waals surface area (Å²) in [4.78, 5) is 26.6. The number of carbonyl (C=O) groups excluding carboxylic acids is 2. The molecule has 7 heteroatoms. The van der Waals surface area contributed by atoms with Crippen LogP contribution in [0.2, 0.25) is 0 Å². The zero-order valence-electron chi connectivity index (χ0n) is 17.4. The number of benzene rings is 2. The van der Waals surface area contributed by atoms with Gasteiger partial charge in [-0.1, -0.05) is 42.5 Å². The molecule has 3 amide bonds. The van der Waals surface area contributed by atoms with Crippen molar-refractivity contribution in [1.82, 2.24) is 10.2 Å². The highest BCUT2D eigenvalue weighted by atomic mass is 16.6. The number of ether oxygens (including phenoxy) is 2. The lowest BCUT2D eigenvalue weighted by molar-refractivity contribution is -0.185. The molecule has 160 valence electrons. The molecule has 30 heavy (non-hydrogen) atoms. The Morgan fingerprint density at radius 3 is 2.40 bits per heavy atom. The molecule has 2 N–H and O–H groups in total. The van der Waals surface area contributed by atoms with Crippen molar-refractivity contribution in [2.24, 2.45) is 5.92 Å². The van der Waals surface area contributed by atoms with E-state index in [4.69, 9.17) is 9.47 Å². The third-order valence-electron chi connectivity index (χ3n) is 5.56. The van der Waals surface area contributed by atoms with Crippen LogP contribution in [0.1, 0.15) is 30.5 Å². The highest BCUT2D eigenvalue weighted by molar-refractivity contribution is 6.01. The van der Waals surface area contributed by atoms with E-state index in [0.29, 0.717) is 12.8 Å². The molecule has 0 spiro atoms. The van der Waals surface area contributed by atoms with Crippen LogP contribution in [0.25, 0.3) is 0 Å². The van der Waals surface area contributed by atoms with Gasteiger partial charge in [0.1, 0.15) is 11.8 Å². The summed E-state index contributed by atoms with van der Waals surface area (Å²) in [7, 11) is 2.97. The number of nitrogens with one attached hydrogen (secondary N) is 1. The van der Waals surface area contributed by atoms with Gasteiger partial charge in [-0.05, 0) is 43.0 Å². The van der Waals surface area contributed by atoms with Crippen LogP contribution in [0.4, 0.5) is 4.79 Å². The van der Waals surface area contributed by atoms with Crippen LogP contribution in [0.3, 0.4) is 0 Å². The maximum Gasteiger partial charge on any atom is 0.325 e. The number of rotatable bonds is 8. The fraction of sp³-hybridized carbons (Fsp3) is 0.391. The molecule has 0 aliphatic carbocycles. The summed E-state index contributed by atoms with van der Waals surface area (Å²) >= 11 is 0. The van der Waals surface area contributed by atoms with Gasteiger partial charge in [0, 0.05) is 7.11 Å². The van der Waals surface area contributed by atoms with E-state index in [0.717, 1.165) is 21.8 Å². The number of hydrogen-bond acceptors (Lipinski definition) is 5. The minimum atomic E-state index is -1.23. The number of amides is 3. The number of hydrogen-bond donors (Lipinski definition) is 2. The molecule has 1 heterocycles. The number of aliphatic hydroxyl groups is 1. The third kappa shape index (κ3) is 4.63. The number of methoxy groups -OCH3 is 2. The van der Waals surface area contributed by atoms with Gasteiger partial charge in [-0.15, -0.1) is 0 Å². The van der Waals surface area contributed by atoms with Crippen molar-refractivity contribution in [1.29, 1.82) is 0 Å². The number of imide groups is 1. The number of aliphatic hydroxyl groups excluding tert-OH is 1. The molecule has 1 fully saturated rings. The van der Waals surface area contributed by atoms with Gasteiger partial charge in [-0.3, -0.25) is 9.69 Å². The first-order valence-corrected chi connectivity index (χ1v) is 9.98. The molecule has 1 aliphatic rings. The second-order valence-corrected chi connectivity index (χ2v) is 7.40. The monoisotopic (exact) mass is 412 g/mol. The van der Waals surface area contributed by atoms with Crippen LogP contribution in [0.15, 0.2) is 54.6 Å². The summed E-state index contributed by atoms with van der Waals surface area (Å²) < 4.78 is 10.2. The molecular weight excluding hydrogens is 384 g/mol. The first-order valence-electron chi connectivity index (χ1n) is 9.98. The molecule has 2 aromatic rings. The maximum absolute atomic E-state index is 12.8. The lowest BCUT2D eigenvalue weighted by Gasteiger charge is -2.47. The molecular formula is C23H28N2O5. The SMILES string of the molecule is COc1ccc(CC[C@H]2C(=O)N(C(=O)NC(C)c3ccccc3)C2C(O)OC)cc1. The second-order valence-electron chi connectivity index (χ2n) is 7.40. The maximum atomic E-state index is 12.8. The molecule has 3 unspecified atom stereocenters. The average molecular weight is 412 g/mol. The van der Waals surface area contributed by atoms with Crippen molar-refractivity contribution in [3.63, 3.8) is 0 Å². The minimum Gasteiger partial charge on any atom is -0.497 e. The van der Waals surface area contributed by atoms with E-state index in [1.165, 1.54) is 7.11 Å². The van der Waals surface area contributed by atoms with E-state index in [2.05, 4.69) is 5.32 Å². The van der Waals surface area contributed by atoms with Crippen molar-refractivity contribution in [3.05, 3.63) is 65.7 Å². The largest absolute Gasteiger partial charge is 0.497 e. The number of β-lactam (4-membered cyclic amide) rings is 1. The van der Waals surface area contributed by atoms with Crippen molar-refractivity contribution < 1.29 is 24.2 Å². The number of aryl methyl sites for hydroxylation is 1. The average Bonchev–Trinajstić information content (AvgIpc) is 2.77. The Bertz CT molecular complexity index is 856. The van der Waals surface area contributed by atoms with Gasteiger partial charge in [0.25, 0.3) is 0 Å². The highest BCUT2D eigenvalue weighted by Gasteiger charge is 2.53. The first-order chi connectivity index (χ1) is 14.5. The van der Waals surface area contributed by atoms with Crippen LogP contribution in [0.5, 0.6) is 5.75 Å². The Morgan fingerprint density at radius 1 is 1.13 bits per heavy atom. The highest BCUT2D eigenvalue weighted by Crippen LogP contribution is 2.34. The zero-order valence-corrected chi connectivity index (χ0v) is 17.4. The second kappa shape index (κ2) is 9.73. The summed E-state index contributed by atoms with van der Waals surface area (Å²) in [6.07, 6.45) is -0.0846. The molecule has 4 atom stereocenters. The number of carbonyl (C=O) groups is 2. The summed E-state index contributed by atoms with van der Waals surface area (Å²) in [6.45, 7) is 1.85. The zero-order chi connectivity index (χ0) is 21.7. The Morgan fingerprint density at radius 2 is 1.80 bits per heavy atom. The fourth-order valence-corrected chi connectivity index (χ4v) is 3.76. The number of urea groups is 1. The van der Waals surface area contributed by atoms with Crippen LogP contribution in [-0.4, -0.2) is 48.5 Å². The third-order valence-corrected chi connectivity index (χ3v) is 5.56. The Kier molecular flexibility index (Phi) is 7.07. The van der Waals surface area contributed by atoms with Gasteiger partial charge in [-0.25, -0.2) is 4.79 Å².